The second kappa shape index (κ2) is 4.84. The van der Waals surface area contributed by atoms with E-state index in [1.165, 1.54) is 7.11 Å². The lowest BCUT2D eigenvalue weighted by atomic mass is 9.56. The van der Waals surface area contributed by atoms with E-state index in [1.807, 2.05) is 30.3 Å². The van der Waals surface area contributed by atoms with Crippen LogP contribution in [0, 0.1) is 5.41 Å². The van der Waals surface area contributed by atoms with E-state index in [1.54, 1.807) is 7.11 Å². The summed E-state index contributed by atoms with van der Waals surface area (Å²) in [6.45, 7) is 3.89. The first-order valence-corrected chi connectivity index (χ1v) is 6.03. The minimum absolute atomic E-state index is 0.0959. The van der Waals surface area contributed by atoms with Crippen molar-refractivity contribution < 1.29 is 14.3 Å². The molecule has 1 aromatic carbocycles. The maximum atomic E-state index is 12.1. The van der Waals surface area contributed by atoms with E-state index in [2.05, 4.69) is 6.58 Å². The van der Waals surface area contributed by atoms with Crippen molar-refractivity contribution in [3.05, 3.63) is 48.2 Å². The van der Waals surface area contributed by atoms with Gasteiger partial charge in [-0.05, 0) is 18.4 Å². The van der Waals surface area contributed by atoms with Gasteiger partial charge in [0.2, 0.25) is 0 Å². The third kappa shape index (κ3) is 1.70. The molecule has 0 saturated heterocycles. The average molecular weight is 246 g/mol. The number of carbonyl (C=O) groups excluding carboxylic acids is 1. The van der Waals surface area contributed by atoms with Crippen molar-refractivity contribution in [3.63, 3.8) is 0 Å². The number of methoxy groups -OCH3 is 2. The molecule has 2 rings (SSSR count). The number of hydrogen-bond donors (Lipinski definition) is 0. The first kappa shape index (κ1) is 12.7. The summed E-state index contributed by atoms with van der Waals surface area (Å²) >= 11 is 0. The van der Waals surface area contributed by atoms with E-state index in [9.17, 15) is 4.79 Å². The molecule has 0 aromatic heterocycles. The Hall–Kier alpha value is -1.77. The van der Waals surface area contributed by atoms with Crippen LogP contribution in [0.1, 0.15) is 24.3 Å². The largest absolute Gasteiger partial charge is 0.500 e. The van der Waals surface area contributed by atoms with Gasteiger partial charge in [0, 0.05) is 5.92 Å². The molecule has 0 aliphatic heterocycles. The standard InChI is InChI=1S/C15H18O3/c1-11(17-2)15(14(16)18-3)10-9-13(15)12-7-5-4-6-8-12/h4-8,13H,1,9-10H2,2-3H3. The minimum atomic E-state index is -0.717. The van der Waals surface area contributed by atoms with E-state index in [0.29, 0.717) is 5.76 Å². The molecule has 0 bridgehead atoms. The van der Waals surface area contributed by atoms with Crippen LogP contribution >= 0.6 is 0 Å². The molecular formula is C15H18O3. The lowest BCUT2D eigenvalue weighted by molar-refractivity contribution is -0.160. The van der Waals surface area contributed by atoms with Crippen LogP contribution in [0.25, 0.3) is 0 Å². The lowest BCUT2D eigenvalue weighted by Crippen LogP contribution is -2.47. The van der Waals surface area contributed by atoms with E-state index >= 15 is 0 Å². The summed E-state index contributed by atoms with van der Waals surface area (Å²) < 4.78 is 10.2. The number of benzene rings is 1. The van der Waals surface area contributed by atoms with Crippen LogP contribution in [0.5, 0.6) is 0 Å². The van der Waals surface area contributed by atoms with Crippen LogP contribution in [-0.4, -0.2) is 20.2 Å². The van der Waals surface area contributed by atoms with Gasteiger partial charge in [-0.2, -0.15) is 0 Å². The third-order valence-electron chi connectivity index (χ3n) is 3.92. The van der Waals surface area contributed by atoms with Gasteiger partial charge in [-0.25, -0.2) is 0 Å². The Balaban J connectivity index is 2.38. The summed E-state index contributed by atoms with van der Waals surface area (Å²) in [6, 6.07) is 9.98. The second-order valence-corrected chi connectivity index (χ2v) is 4.59. The van der Waals surface area contributed by atoms with E-state index in [0.717, 1.165) is 18.4 Å². The fourth-order valence-corrected chi connectivity index (χ4v) is 2.77. The van der Waals surface area contributed by atoms with Gasteiger partial charge in [-0.15, -0.1) is 0 Å². The zero-order valence-corrected chi connectivity index (χ0v) is 10.8. The predicted octanol–water partition coefficient (Wildman–Crippen LogP) is 2.88. The molecule has 3 heteroatoms. The molecule has 2 atom stereocenters. The quantitative estimate of drug-likeness (QED) is 0.605. The van der Waals surface area contributed by atoms with Gasteiger partial charge in [0.15, 0.2) is 0 Å². The molecule has 0 heterocycles. The molecule has 0 spiro atoms. The summed E-state index contributed by atoms with van der Waals surface area (Å²) in [5.41, 5.74) is 0.414. The Labute approximate surface area is 107 Å². The van der Waals surface area contributed by atoms with Gasteiger partial charge >= 0.3 is 5.97 Å². The molecule has 3 nitrogen and oxygen atoms in total. The molecule has 1 fully saturated rings. The van der Waals surface area contributed by atoms with Crippen LogP contribution in [-0.2, 0) is 14.3 Å². The van der Waals surface area contributed by atoms with Crippen LogP contribution < -0.4 is 0 Å². The fraction of sp³-hybridized carbons (Fsp3) is 0.400. The first-order valence-electron chi connectivity index (χ1n) is 6.03. The topological polar surface area (TPSA) is 35.5 Å². The maximum absolute atomic E-state index is 12.1. The maximum Gasteiger partial charge on any atom is 0.320 e. The van der Waals surface area contributed by atoms with Crippen molar-refractivity contribution in [3.8, 4) is 0 Å². The highest BCUT2D eigenvalue weighted by Crippen LogP contribution is 2.57. The smallest absolute Gasteiger partial charge is 0.320 e. The minimum Gasteiger partial charge on any atom is -0.500 e. The van der Waals surface area contributed by atoms with Crippen molar-refractivity contribution in [1.82, 2.24) is 0 Å². The molecule has 0 radical (unpaired) electrons. The highest BCUT2D eigenvalue weighted by atomic mass is 16.5. The van der Waals surface area contributed by atoms with Crippen molar-refractivity contribution in [1.29, 1.82) is 0 Å². The Morgan fingerprint density at radius 3 is 2.39 bits per heavy atom. The molecule has 0 amide bonds. The molecule has 1 aliphatic carbocycles. The van der Waals surface area contributed by atoms with Crippen molar-refractivity contribution in [2.24, 2.45) is 5.41 Å². The first-order chi connectivity index (χ1) is 8.66. The van der Waals surface area contributed by atoms with Gasteiger partial charge < -0.3 is 9.47 Å². The van der Waals surface area contributed by atoms with E-state index in [4.69, 9.17) is 9.47 Å². The lowest BCUT2D eigenvalue weighted by Gasteiger charge is -2.47. The molecular weight excluding hydrogens is 228 g/mol. The Bertz CT molecular complexity index is 434. The Kier molecular flexibility index (Phi) is 3.41. The summed E-state index contributed by atoms with van der Waals surface area (Å²) in [7, 11) is 2.96. The van der Waals surface area contributed by atoms with Crippen LogP contribution in [0.3, 0.4) is 0 Å². The number of carbonyl (C=O) groups is 1. The Morgan fingerprint density at radius 2 is 1.94 bits per heavy atom. The molecule has 18 heavy (non-hydrogen) atoms. The summed E-state index contributed by atoms with van der Waals surface area (Å²) in [5.74, 6) is 0.336. The zero-order valence-electron chi connectivity index (χ0n) is 10.8. The summed E-state index contributed by atoms with van der Waals surface area (Å²) in [5, 5.41) is 0. The molecule has 1 saturated carbocycles. The van der Waals surface area contributed by atoms with Crippen LogP contribution in [0.2, 0.25) is 0 Å². The SMILES string of the molecule is C=C(OC)C1(C(=O)OC)CCC1c1ccccc1. The highest BCUT2D eigenvalue weighted by Gasteiger charge is 2.57. The number of esters is 1. The van der Waals surface area contributed by atoms with Gasteiger partial charge in [0.1, 0.15) is 11.2 Å². The predicted molar refractivity (Wildman–Crippen MR) is 69.0 cm³/mol. The molecule has 0 N–H and O–H groups in total. The third-order valence-corrected chi connectivity index (χ3v) is 3.92. The molecule has 1 aliphatic rings. The van der Waals surface area contributed by atoms with Crippen molar-refractivity contribution in [2.75, 3.05) is 14.2 Å². The highest BCUT2D eigenvalue weighted by molar-refractivity contribution is 5.82. The van der Waals surface area contributed by atoms with Gasteiger partial charge in [0.05, 0.1) is 14.2 Å². The van der Waals surface area contributed by atoms with Crippen molar-refractivity contribution in [2.45, 2.75) is 18.8 Å². The normalized spacial score (nSPS) is 26.0. The van der Waals surface area contributed by atoms with Gasteiger partial charge in [0.25, 0.3) is 0 Å². The van der Waals surface area contributed by atoms with Crippen molar-refractivity contribution >= 4 is 5.97 Å². The second-order valence-electron chi connectivity index (χ2n) is 4.59. The summed E-state index contributed by atoms with van der Waals surface area (Å²) in [4.78, 5) is 12.1. The summed E-state index contributed by atoms with van der Waals surface area (Å²) in [6.07, 6.45) is 1.67. The number of ether oxygens (including phenoxy) is 2. The Morgan fingerprint density at radius 1 is 1.28 bits per heavy atom. The fourth-order valence-electron chi connectivity index (χ4n) is 2.77. The molecule has 2 unspecified atom stereocenters. The monoisotopic (exact) mass is 246 g/mol. The number of rotatable bonds is 4. The zero-order chi connectivity index (χ0) is 13.2. The van der Waals surface area contributed by atoms with Crippen LogP contribution in [0.4, 0.5) is 0 Å². The molecule has 96 valence electrons. The van der Waals surface area contributed by atoms with E-state index < -0.39 is 5.41 Å². The van der Waals surface area contributed by atoms with E-state index in [-0.39, 0.29) is 11.9 Å². The number of hydrogen-bond acceptors (Lipinski definition) is 3. The van der Waals surface area contributed by atoms with Crippen LogP contribution in [0.15, 0.2) is 42.7 Å². The van der Waals surface area contributed by atoms with Gasteiger partial charge in [-0.1, -0.05) is 36.9 Å². The van der Waals surface area contributed by atoms with Gasteiger partial charge in [-0.3, -0.25) is 4.79 Å². The average Bonchev–Trinajstić information content (AvgIpc) is 2.38. The molecule has 1 aromatic rings.